The fourth-order valence-corrected chi connectivity index (χ4v) is 7.68. The third-order valence-electron chi connectivity index (χ3n) is 8.57. The van der Waals surface area contributed by atoms with Gasteiger partial charge in [0.05, 0.1) is 37.4 Å². The normalized spacial score (nSPS) is 26.0. The zero-order valence-corrected chi connectivity index (χ0v) is 27.7. The molecule has 5 rings (SSSR count). The molecule has 3 N–H and O–H groups in total. The molecule has 0 bridgehead atoms. The molecule has 0 amide bonds. The number of phosphoric acid groups is 1. The van der Waals surface area contributed by atoms with Crippen molar-refractivity contribution < 1.29 is 32.1 Å². The quantitative estimate of drug-likeness (QED) is 0.0892. The SMILES string of the molecule is C=C1NC(N)=Nc2c1ncn2[C@H]1C[C@H](OC(=O)CCCCCCCCC)[C@@H](CO[P@]2(=O)OCC[C@H](c3cc(Cl)ccc3F)O2)C1=C. The Bertz CT molecular complexity index is 1530. The number of esters is 1. The number of nitrogens with zero attached hydrogens (tertiary/aromatic N) is 3. The average molecular weight is 678 g/mol. The first-order valence-electron chi connectivity index (χ1n) is 15.9. The number of aromatic nitrogens is 2. The predicted molar refractivity (Wildman–Crippen MR) is 174 cm³/mol. The van der Waals surface area contributed by atoms with E-state index < -0.39 is 31.8 Å². The molecule has 46 heavy (non-hydrogen) atoms. The summed E-state index contributed by atoms with van der Waals surface area (Å²) in [6.07, 6.45) is 8.56. The smallest absolute Gasteiger partial charge is 0.462 e. The number of rotatable bonds is 14. The van der Waals surface area contributed by atoms with Crippen LogP contribution in [-0.2, 0) is 27.7 Å². The minimum absolute atomic E-state index is 0.0253. The van der Waals surface area contributed by atoms with E-state index in [0.717, 1.165) is 25.7 Å². The number of hydrogen-bond acceptors (Lipinski definition) is 10. The second-order valence-electron chi connectivity index (χ2n) is 11.9. The third-order valence-corrected chi connectivity index (χ3v) is 10.3. The van der Waals surface area contributed by atoms with Gasteiger partial charge in [-0.2, -0.15) is 4.99 Å². The molecule has 2 fully saturated rings. The van der Waals surface area contributed by atoms with Crippen LogP contribution in [0.25, 0.3) is 5.70 Å². The Balaban J connectivity index is 1.29. The number of ether oxygens (including phenoxy) is 1. The minimum Gasteiger partial charge on any atom is -0.462 e. The zero-order chi connectivity index (χ0) is 32.8. The van der Waals surface area contributed by atoms with Gasteiger partial charge in [0.1, 0.15) is 17.6 Å². The second-order valence-corrected chi connectivity index (χ2v) is 13.9. The summed E-state index contributed by atoms with van der Waals surface area (Å²) >= 11 is 6.08. The molecule has 5 atom stereocenters. The average Bonchev–Trinajstić information content (AvgIpc) is 3.57. The summed E-state index contributed by atoms with van der Waals surface area (Å²) < 4.78 is 53.0. The summed E-state index contributed by atoms with van der Waals surface area (Å²) in [7, 11) is -4.13. The van der Waals surface area contributed by atoms with E-state index in [0.29, 0.717) is 40.6 Å². The monoisotopic (exact) mass is 677 g/mol. The third kappa shape index (κ3) is 8.09. The molecule has 0 spiro atoms. The van der Waals surface area contributed by atoms with Gasteiger partial charge in [-0.05, 0) is 30.2 Å². The van der Waals surface area contributed by atoms with Gasteiger partial charge in [0.25, 0.3) is 0 Å². The fraction of sp³-hybridized carbons (Fsp3) is 0.531. The molecule has 3 heterocycles. The molecule has 1 saturated carbocycles. The van der Waals surface area contributed by atoms with Gasteiger partial charge in [0.15, 0.2) is 11.8 Å². The van der Waals surface area contributed by atoms with Crippen LogP contribution in [0.1, 0.15) is 94.5 Å². The lowest BCUT2D eigenvalue weighted by Gasteiger charge is -2.30. The summed E-state index contributed by atoms with van der Waals surface area (Å²) in [5, 5.41) is 3.19. The van der Waals surface area contributed by atoms with E-state index in [1.807, 2.05) is 4.57 Å². The van der Waals surface area contributed by atoms with Crippen LogP contribution in [0.15, 0.2) is 48.2 Å². The highest BCUT2D eigenvalue weighted by atomic mass is 35.5. The minimum atomic E-state index is -4.13. The van der Waals surface area contributed by atoms with E-state index in [4.69, 9.17) is 35.6 Å². The van der Waals surface area contributed by atoms with E-state index in [1.165, 1.54) is 37.5 Å². The molecule has 14 heteroatoms. The molecule has 0 radical (unpaired) electrons. The number of aliphatic imine (C=N–C) groups is 1. The lowest BCUT2D eigenvalue weighted by molar-refractivity contribution is -0.151. The zero-order valence-electron chi connectivity index (χ0n) is 26.1. The van der Waals surface area contributed by atoms with Gasteiger partial charge < -0.3 is 20.4 Å². The Kier molecular flexibility index (Phi) is 11.4. The van der Waals surface area contributed by atoms with Crippen molar-refractivity contribution in [2.24, 2.45) is 16.6 Å². The molecule has 11 nitrogen and oxygen atoms in total. The predicted octanol–water partition coefficient (Wildman–Crippen LogP) is 7.67. The summed E-state index contributed by atoms with van der Waals surface area (Å²) in [6, 6.07) is 3.71. The van der Waals surface area contributed by atoms with E-state index in [9.17, 15) is 13.8 Å². The van der Waals surface area contributed by atoms with Crippen molar-refractivity contribution in [3.8, 4) is 0 Å². The molecule has 2 aliphatic heterocycles. The van der Waals surface area contributed by atoms with E-state index in [2.05, 4.69) is 35.4 Å². The van der Waals surface area contributed by atoms with Crippen LogP contribution in [0.5, 0.6) is 0 Å². The van der Waals surface area contributed by atoms with Gasteiger partial charge in [-0.25, -0.2) is 13.9 Å². The molecule has 1 aromatic carbocycles. The fourth-order valence-electron chi connectivity index (χ4n) is 6.10. The van der Waals surface area contributed by atoms with Crippen molar-refractivity contribution in [3.63, 3.8) is 0 Å². The maximum absolute atomic E-state index is 14.6. The number of benzene rings is 1. The number of imidazole rings is 1. The van der Waals surface area contributed by atoms with Crippen molar-refractivity contribution in [2.75, 3.05) is 13.2 Å². The molecule has 250 valence electrons. The Morgan fingerprint density at radius 1 is 1.24 bits per heavy atom. The largest absolute Gasteiger partial charge is 0.475 e. The highest BCUT2D eigenvalue weighted by molar-refractivity contribution is 7.48. The number of nitrogens with two attached hydrogens (primary N) is 1. The van der Waals surface area contributed by atoms with Gasteiger partial charge in [0.2, 0.25) is 0 Å². The Labute approximate surface area is 274 Å². The van der Waals surface area contributed by atoms with Crippen LogP contribution in [0.3, 0.4) is 0 Å². The first-order chi connectivity index (χ1) is 22.1. The van der Waals surface area contributed by atoms with Crippen LogP contribution in [0.4, 0.5) is 10.2 Å². The summed E-state index contributed by atoms with van der Waals surface area (Å²) in [5.74, 6) is -0.741. The molecule has 3 aliphatic rings. The van der Waals surface area contributed by atoms with Crippen molar-refractivity contribution in [2.45, 2.75) is 89.4 Å². The molecule has 1 saturated heterocycles. The van der Waals surface area contributed by atoms with Crippen molar-refractivity contribution in [1.82, 2.24) is 14.9 Å². The van der Waals surface area contributed by atoms with Crippen LogP contribution < -0.4 is 11.1 Å². The Morgan fingerprint density at radius 3 is 2.78 bits per heavy atom. The lowest BCUT2D eigenvalue weighted by Crippen LogP contribution is -2.32. The van der Waals surface area contributed by atoms with Crippen molar-refractivity contribution in [1.29, 1.82) is 0 Å². The Morgan fingerprint density at radius 2 is 2.00 bits per heavy atom. The van der Waals surface area contributed by atoms with Gasteiger partial charge in [-0.15, -0.1) is 0 Å². The number of guanidine groups is 1. The van der Waals surface area contributed by atoms with Crippen LogP contribution in [-0.4, -0.2) is 40.8 Å². The van der Waals surface area contributed by atoms with Gasteiger partial charge in [-0.3, -0.25) is 18.4 Å². The maximum Gasteiger partial charge on any atom is 0.475 e. The summed E-state index contributed by atoms with van der Waals surface area (Å²) in [5.41, 5.74) is 7.85. The van der Waals surface area contributed by atoms with Crippen LogP contribution in [0, 0.1) is 11.7 Å². The number of nitrogens with one attached hydrogen (secondary N) is 1. The standard InChI is InChI=1S/C32H42ClFN5O6P/c1-4-5-6-7-8-9-10-11-29(40)44-28-17-26(39-19-36-30-21(3)37-32(35)38-31(30)39)20(2)24(28)18-43-46(41)42-15-14-27(45-46)23-16-22(33)12-13-25(23)34/h12-13,16,19,24,26-28H,2-11,14-15,17-18H2,1H3,(H3,35,37,38)/t24-,26-,27+,28-,46-/m0/s1. The number of unbranched alkanes of at least 4 members (excludes halogenated alkanes) is 6. The van der Waals surface area contributed by atoms with Gasteiger partial charge in [-0.1, -0.05) is 70.2 Å². The maximum atomic E-state index is 14.6. The second kappa shape index (κ2) is 15.3. The highest BCUT2D eigenvalue weighted by Crippen LogP contribution is 2.58. The highest BCUT2D eigenvalue weighted by Gasteiger charge is 2.45. The van der Waals surface area contributed by atoms with E-state index >= 15 is 0 Å². The van der Waals surface area contributed by atoms with Crippen molar-refractivity contribution in [3.05, 3.63) is 65.4 Å². The van der Waals surface area contributed by atoms with Crippen molar-refractivity contribution >= 4 is 42.9 Å². The summed E-state index contributed by atoms with van der Waals surface area (Å²) in [4.78, 5) is 21.9. The number of halogens is 2. The number of phosphoric ester groups is 1. The van der Waals surface area contributed by atoms with Gasteiger partial charge in [0, 0.05) is 35.8 Å². The number of carbonyl (C=O) groups is 1. The first-order valence-corrected chi connectivity index (χ1v) is 17.7. The van der Waals surface area contributed by atoms with E-state index in [-0.39, 0.29) is 43.2 Å². The molecule has 1 aromatic heterocycles. The molecular weight excluding hydrogens is 636 g/mol. The van der Waals surface area contributed by atoms with Crippen LogP contribution in [0.2, 0.25) is 5.02 Å². The number of carbonyl (C=O) groups excluding carboxylic acids is 1. The molecular formula is C32H42ClFN5O6P. The molecule has 1 aliphatic carbocycles. The Hall–Kier alpha value is -3.02. The number of hydrogen-bond donors (Lipinski definition) is 2. The molecule has 2 aromatic rings. The first kappa shape index (κ1) is 34.3. The summed E-state index contributed by atoms with van der Waals surface area (Å²) in [6.45, 7) is 10.3. The van der Waals surface area contributed by atoms with E-state index in [1.54, 1.807) is 6.33 Å². The van der Waals surface area contributed by atoms with Gasteiger partial charge >= 0.3 is 13.8 Å². The topological polar surface area (TPSA) is 139 Å². The molecule has 0 unspecified atom stereocenters. The number of fused-ring (bicyclic) bond motifs is 1. The lowest BCUT2D eigenvalue weighted by atomic mass is 10.0. The van der Waals surface area contributed by atoms with Crippen LogP contribution >= 0.6 is 19.4 Å².